The van der Waals surface area contributed by atoms with Gasteiger partial charge in [0, 0.05) is 17.9 Å². The molecule has 1 amide bonds. The first-order valence-corrected chi connectivity index (χ1v) is 10.8. The third-order valence-corrected chi connectivity index (χ3v) is 5.80. The summed E-state index contributed by atoms with van der Waals surface area (Å²) in [6, 6.07) is 17.1. The maximum absolute atomic E-state index is 12.3. The van der Waals surface area contributed by atoms with Crippen molar-refractivity contribution in [3.05, 3.63) is 85.8 Å². The molecule has 0 bridgehead atoms. The lowest BCUT2D eigenvalue weighted by Crippen LogP contribution is -2.20. The highest BCUT2D eigenvalue weighted by Crippen LogP contribution is 2.28. The zero-order valence-corrected chi connectivity index (χ0v) is 19.7. The van der Waals surface area contributed by atoms with Gasteiger partial charge in [-0.2, -0.15) is 0 Å². The van der Waals surface area contributed by atoms with Crippen LogP contribution in [0, 0.1) is 13.8 Å². The molecule has 0 spiro atoms. The molecule has 0 unspecified atom stereocenters. The molecule has 0 atom stereocenters. The normalized spacial score (nSPS) is 10.6. The number of benzene rings is 3. The van der Waals surface area contributed by atoms with Gasteiger partial charge >= 0.3 is 0 Å². The molecule has 0 radical (unpaired) electrons. The number of rotatable bonds is 7. The van der Waals surface area contributed by atoms with Gasteiger partial charge in [-0.3, -0.25) is 4.79 Å². The molecule has 7 heteroatoms. The molecule has 0 saturated heterocycles. The molecule has 4 nitrogen and oxygen atoms in total. The van der Waals surface area contributed by atoms with Gasteiger partial charge in [0.25, 0.3) is 5.91 Å². The van der Waals surface area contributed by atoms with Crippen molar-refractivity contribution in [2.45, 2.75) is 20.4 Å². The molecule has 2 N–H and O–H groups in total. The van der Waals surface area contributed by atoms with Crippen molar-refractivity contribution in [2.75, 3.05) is 17.2 Å². The molecule has 3 rings (SSSR count). The van der Waals surface area contributed by atoms with E-state index in [-0.39, 0.29) is 12.5 Å². The highest BCUT2D eigenvalue weighted by molar-refractivity contribution is 9.10. The molecule has 0 aromatic heterocycles. The Morgan fingerprint density at radius 2 is 1.80 bits per heavy atom. The number of hydrogen-bond donors (Lipinski definition) is 2. The average Bonchev–Trinajstić information content (AvgIpc) is 2.71. The van der Waals surface area contributed by atoms with Crippen LogP contribution in [0.3, 0.4) is 0 Å². The third kappa shape index (κ3) is 6.14. The maximum atomic E-state index is 12.3. The average molecular weight is 508 g/mol. The Bertz CT molecular complexity index is 1070. The van der Waals surface area contributed by atoms with E-state index in [1.165, 1.54) is 0 Å². The van der Waals surface area contributed by atoms with Crippen LogP contribution in [0.1, 0.15) is 16.7 Å². The van der Waals surface area contributed by atoms with Gasteiger partial charge in [0.15, 0.2) is 6.61 Å². The second kappa shape index (κ2) is 10.2. The van der Waals surface area contributed by atoms with E-state index in [1.54, 1.807) is 12.1 Å². The number of amides is 1. The lowest BCUT2D eigenvalue weighted by atomic mass is 10.1. The van der Waals surface area contributed by atoms with Crippen LogP contribution in [0.2, 0.25) is 10.0 Å². The van der Waals surface area contributed by atoms with Crippen molar-refractivity contribution in [1.29, 1.82) is 0 Å². The summed E-state index contributed by atoms with van der Waals surface area (Å²) in [5.41, 5.74) is 4.81. The van der Waals surface area contributed by atoms with Gasteiger partial charge < -0.3 is 15.4 Å². The first-order chi connectivity index (χ1) is 14.3. The van der Waals surface area contributed by atoms with Crippen molar-refractivity contribution in [1.82, 2.24) is 0 Å². The van der Waals surface area contributed by atoms with Crippen LogP contribution < -0.4 is 15.4 Å². The molecule has 156 valence electrons. The van der Waals surface area contributed by atoms with E-state index in [0.29, 0.717) is 22.3 Å². The summed E-state index contributed by atoms with van der Waals surface area (Å²) >= 11 is 15.5. The molecule has 30 heavy (non-hydrogen) atoms. The van der Waals surface area contributed by atoms with Crippen LogP contribution in [-0.4, -0.2) is 12.5 Å². The van der Waals surface area contributed by atoms with E-state index in [2.05, 4.69) is 26.6 Å². The smallest absolute Gasteiger partial charge is 0.262 e. The van der Waals surface area contributed by atoms with Crippen molar-refractivity contribution in [3.63, 3.8) is 0 Å². The van der Waals surface area contributed by atoms with Crippen LogP contribution in [0.5, 0.6) is 5.75 Å². The van der Waals surface area contributed by atoms with Gasteiger partial charge in [0.2, 0.25) is 0 Å². The van der Waals surface area contributed by atoms with Crippen molar-refractivity contribution >= 4 is 56.4 Å². The fraction of sp³-hybridized carbons (Fsp3) is 0.174. The highest BCUT2D eigenvalue weighted by Gasteiger charge is 2.09. The summed E-state index contributed by atoms with van der Waals surface area (Å²) in [4.78, 5) is 12.3. The van der Waals surface area contributed by atoms with Crippen molar-refractivity contribution in [2.24, 2.45) is 0 Å². The van der Waals surface area contributed by atoms with Crippen molar-refractivity contribution < 1.29 is 9.53 Å². The second-order valence-electron chi connectivity index (χ2n) is 6.90. The Kier molecular flexibility index (Phi) is 7.64. The summed E-state index contributed by atoms with van der Waals surface area (Å²) < 4.78 is 6.45. The van der Waals surface area contributed by atoms with E-state index in [9.17, 15) is 4.79 Å². The summed E-state index contributed by atoms with van der Waals surface area (Å²) in [6.07, 6.45) is 0. The Morgan fingerprint density at radius 1 is 1.00 bits per heavy atom. The largest absolute Gasteiger partial charge is 0.483 e. The van der Waals surface area contributed by atoms with Crippen LogP contribution in [0.25, 0.3) is 0 Å². The van der Waals surface area contributed by atoms with E-state index >= 15 is 0 Å². The van der Waals surface area contributed by atoms with Gasteiger partial charge in [-0.05, 0) is 82.9 Å². The zero-order chi connectivity index (χ0) is 21.7. The molecule has 0 aliphatic heterocycles. The summed E-state index contributed by atoms with van der Waals surface area (Å²) in [5.74, 6) is 0.394. The van der Waals surface area contributed by atoms with Crippen LogP contribution in [0.15, 0.2) is 59.1 Å². The Hall–Kier alpha value is -2.21. The topological polar surface area (TPSA) is 50.4 Å². The monoisotopic (exact) mass is 506 g/mol. The Labute approximate surface area is 194 Å². The maximum Gasteiger partial charge on any atom is 0.262 e. The number of hydrogen-bond acceptors (Lipinski definition) is 3. The highest BCUT2D eigenvalue weighted by atomic mass is 79.9. The van der Waals surface area contributed by atoms with Gasteiger partial charge in [-0.15, -0.1) is 0 Å². The first kappa shape index (κ1) is 22.5. The molecule has 0 saturated carbocycles. The third-order valence-electron chi connectivity index (χ3n) is 4.44. The Morgan fingerprint density at radius 3 is 2.53 bits per heavy atom. The minimum Gasteiger partial charge on any atom is -0.483 e. The number of nitrogens with one attached hydrogen (secondary N) is 2. The molecule has 0 aliphatic rings. The van der Waals surface area contributed by atoms with Gasteiger partial charge in [-0.25, -0.2) is 0 Å². The quantitative estimate of drug-likeness (QED) is 0.362. The number of carbonyl (C=O) groups excluding carboxylic acids is 1. The SMILES string of the molecule is Cc1ccc(C)c(NC(=O)COc2ccc(CNc3ccc(Cl)c(Cl)c3)cc2Br)c1. The minimum absolute atomic E-state index is 0.0765. The summed E-state index contributed by atoms with van der Waals surface area (Å²) in [7, 11) is 0. The number of ether oxygens (including phenoxy) is 1. The zero-order valence-electron chi connectivity index (χ0n) is 16.6. The number of halogens is 3. The van der Waals surface area contributed by atoms with Crippen LogP contribution >= 0.6 is 39.1 Å². The van der Waals surface area contributed by atoms with Crippen molar-refractivity contribution in [3.8, 4) is 5.75 Å². The molecule has 3 aromatic rings. The Balaban J connectivity index is 1.55. The lowest BCUT2D eigenvalue weighted by Gasteiger charge is -2.12. The van der Waals surface area contributed by atoms with E-state index in [0.717, 1.165) is 32.5 Å². The number of anilines is 2. The fourth-order valence-electron chi connectivity index (χ4n) is 2.78. The summed E-state index contributed by atoms with van der Waals surface area (Å²) in [5, 5.41) is 7.21. The van der Waals surface area contributed by atoms with Crippen LogP contribution in [-0.2, 0) is 11.3 Å². The lowest BCUT2D eigenvalue weighted by molar-refractivity contribution is -0.118. The molecule has 0 aliphatic carbocycles. The molecule has 3 aromatic carbocycles. The van der Waals surface area contributed by atoms with Crippen LogP contribution in [0.4, 0.5) is 11.4 Å². The molecular weight excluding hydrogens is 487 g/mol. The minimum atomic E-state index is -0.207. The van der Waals surface area contributed by atoms with E-state index < -0.39 is 0 Å². The van der Waals surface area contributed by atoms with E-state index in [4.69, 9.17) is 27.9 Å². The number of carbonyl (C=O) groups is 1. The molecule has 0 fully saturated rings. The standard InChI is InChI=1S/C23H21BrCl2N2O2/c1-14-3-4-15(2)21(9-14)28-23(29)13-30-22-8-5-16(10-18(22)24)12-27-17-6-7-19(25)20(26)11-17/h3-11,27H,12-13H2,1-2H3,(H,28,29). The van der Waals surface area contributed by atoms with Gasteiger partial charge in [0.1, 0.15) is 5.75 Å². The number of aryl methyl sites for hydroxylation is 2. The summed E-state index contributed by atoms with van der Waals surface area (Å²) in [6.45, 7) is 4.47. The van der Waals surface area contributed by atoms with Gasteiger partial charge in [-0.1, -0.05) is 41.4 Å². The first-order valence-electron chi connectivity index (χ1n) is 9.29. The predicted molar refractivity (Wildman–Crippen MR) is 128 cm³/mol. The second-order valence-corrected chi connectivity index (χ2v) is 8.57. The van der Waals surface area contributed by atoms with E-state index in [1.807, 2.05) is 56.3 Å². The fourth-order valence-corrected chi connectivity index (χ4v) is 3.62. The predicted octanol–water partition coefficient (Wildman–Crippen LogP) is 7.00. The molecular formula is C23H21BrCl2N2O2. The van der Waals surface area contributed by atoms with Gasteiger partial charge in [0.05, 0.1) is 14.5 Å². The molecule has 0 heterocycles.